The van der Waals surface area contributed by atoms with E-state index >= 15 is 0 Å². The van der Waals surface area contributed by atoms with Gasteiger partial charge >= 0.3 is 0 Å². The Kier molecular flexibility index (Phi) is 6.48. The van der Waals surface area contributed by atoms with Gasteiger partial charge in [-0.25, -0.2) is 8.42 Å². The van der Waals surface area contributed by atoms with Crippen molar-refractivity contribution in [2.24, 2.45) is 5.41 Å². The summed E-state index contributed by atoms with van der Waals surface area (Å²) in [6.45, 7) is 6.27. The fourth-order valence-corrected chi connectivity index (χ4v) is 5.36. The van der Waals surface area contributed by atoms with Crippen LogP contribution in [0.2, 0.25) is 0 Å². The Hall–Kier alpha value is -0.130. The predicted octanol–water partition coefficient (Wildman–Crippen LogP) is 2.39. The molecular formula is C15H31NO3S. The fourth-order valence-electron chi connectivity index (χ4n) is 3.86. The molecule has 120 valence electrons. The molecule has 0 aromatic heterocycles. The fraction of sp³-hybridized carbons (Fsp3) is 1.00. The summed E-state index contributed by atoms with van der Waals surface area (Å²) in [7, 11) is -1.37. The van der Waals surface area contributed by atoms with Gasteiger partial charge in [0.15, 0.2) is 9.84 Å². The maximum Gasteiger partial charge on any atom is 0.154 e. The molecular weight excluding hydrogens is 274 g/mol. The zero-order chi connectivity index (χ0) is 15.3. The minimum atomic E-state index is -3.03. The Morgan fingerprint density at radius 1 is 1.15 bits per heavy atom. The first-order chi connectivity index (χ1) is 9.35. The van der Waals surface area contributed by atoms with Gasteiger partial charge in [-0.05, 0) is 31.1 Å². The molecule has 1 aliphatic rings. The molecule has 0 aromatic rings. The van der Waals surface area contributed by atoms with E-state index in [0.717, 1.165) is 38.5 Å². The largest absolute Gasteiger partial charge is 0.383 e. The van der Waals surface area contributed by atoms with Gasteiger partial charge in [0.25, 0.3) is 0 Å². The zero-order valence-corrected chi connectivity index (χ0v) is 14.3. The van der Waals surface area contributed by atoms with Crippen LogP contribution < -0.4 is 5.32 Å². The van der Waals surface area contributed by atoms with Crippen LogP contribution in [0.5, 0.6) is 0 Å². The van der Waals surface area contributed by atoms with Gasteiger partial charge in [-0.1, -0.05) is 26.7 Å². The number of nitrogens with one attached hydrogen (secondary N) is 1. The third-order valence-corrected chi connectivity index (χ3v) is 6.68. The Balaban J connectivity index is 2.70. The smallest absolute Gasteiger partial charge is 0.154 e. The molecule has 0 atom stereocenters. The highest BCUT2D eigenvalue weighted by atomic mass is 32.2. The molecule has 1 rings (SSSR count). The van der Waals surface area contributed by atoms with Crippen molar-refractivity contribution >= 4 is 9.84 Å². The minimum absolute atomic E-state index is 0.259. The van der Waals surface area contributed by atoms with Gasteiger partial charge in [-0.15, -0.1) is 0 Å². The van der Waals surface area contributed by atoms with Gasteiger partial charge in [0.1, 0.15) is 0 Å². The Morgan fingerprint density at radius 3 is 2.10 bits per heavy atom. The van der Waals surface area contributed by atoms with Crippen LogP contribution in [0.15, 0.2) is 0 Å². The van der Waals surface area contributed by atoms with Crippen molar-refractivity contribution in [2.45, 2.75) is 57.1 Å². The van der Waals surface area contributed by atoms with Crippen molar-refractivity contribution in [3.8, 4) is 0 Å². The van der Waals surface area contributed by atoms with Crippen LogP contribution in [0, 0.1) is 5.41 Å². The first kappa shape index (κ1) is 17.9. The summed E-state index contributed by atoms with van der Waals surface area (Å²) in [5, 5.41) is 3.25. The number of sulfone groups is 1. The summed E-state index contributed by atoms with van der Waals surface area (Å²) in [4.78, 5) is 0. The molecule has 0 aromatic carbocycles. The summed E-state index contributed by atoms with van der Waals surface area (Å²) in [5.74, 6) is 0. The second-order valence-corrected chi connectivity index (χ2v) is 8.89. The molecule has 0 amide bonds. The third-order valence-electron chi connectivity index (χ3n) is 4.67. The normalized spacial score (nSPS) is 20.6. The Bertz CT molecular complexity index is 378. The lowest BCUT2D eigenvalue weighted by molar-refractivity contribution is 0.0507. The van der Waals surface area contributed by atoms with Crippen LogP contribution in [0.1, 0.15) is 52.4 Å². The monoisotopic (exact) mass is 305 g/mol. The molecule has 0 saturated heterocycles. The van der Waals surface area contributed by atoms with E-state index in [1.54, 1.807) is 7.11 Å². The van der Waals surface area contributed by atoms with Gasteiger partial charge in [0.2, 0.25) is 0 Å². The second-order valence-electron chi connectivity index (χ2n) is 6.48. The average Bonchev–Trinajstić information content (AvgIpc) is 2.31. The molecule has 5 heteroatoms. The van der Waals surface area contributed by atoms with Gasteiger partial charge in [0.05, 0.1) is 11.4 Å². The van der Waals surface area contributed by atoms with Crippen molar-refractivity contribution < 1.29 is 13.2 Å². The molecule has 20 heavy (non-hydrogen) atoms. The summed E-state index contributed by atoms with van der Waals surface area (Å²) in [5.41, 5.74) is 0.259. The molecule has 0 radical (unpaired) electrons. The van der Waals surface area contributed by atoms with Gasteiger partial charge in [-0.2, -0.15) is 0 Å². The van der Waals surface area contributed by atoms with E-state index in [1.807, 2.05) is 0 Å². The summed E-state index contributed by atoms with van der Waals surface area (Å²) in [6, 6.07) is 0. The maximum absolute atomic E-state index is 12.2. The van der Waals surface area contributed by atoms with Crippen LogP contribution >= 0.6 is 0 Å². The van der Waals surface area contributed by atoms with Crippen LogP contribution in [-0.2, 0) is 14.6 Å². The predicted molar refractivity (Wildman–Crippen MR) is 83.8 cm³/mol. The molecule has 1 N–H and O–H groups in total. The molecule has 0 aliphatic heterocycles. The Morgan fingerprint density at radius 2 is 1.70 bits per heavy atom. The highest BCUT2D eigenvalue weighted by Crippen LogP contribution is 2.57. The van der Waals surface area contributed by atoms with Crippen LogP contribution in [0.25, 0.3) is 0 Å². The van der Waals surface area contributed by atoms with E-state index in [1.165, 1.54) is 6.26 Å². The quantitative estimate of drug-likeness (QED) is 0.630. The third kappa shape index (κ3) is 3.95. The SMILES string of the molecule is CCCC1(CCC)CC(CNCCOC)(S(C)(=O)=O)C1. The van der Waals surface area contributed by atoms with E-state index in [9.17, 15) is 8.42 Å². The van der Waals surface area contributed by atoms with E-state index in [2.05, 4.69) is 19.2 Å². The van der Waals surface area contributed by atoms with Crippen molar-refractivity contribution in [3.63, 3.8) is 0 Å². The summed E-state index contributed by atoms with van der Waals surface area (Å²) in [6.07, 6.45) is 7.61. The minimum Gasteiger partial charge on any atom is -0.383 e. The molecule has 0 heterocycles. The number of rotatable bonds is 10. The van der Waals surface area contributed by atoms with Crippen molar-refractivity contribution in [2.75, 3.05) is 33.1 Å². The van der Waals surface area contributed by atoms with Crippen LogP contribution in [0.3, 0.4) is 0 Å². The standard InChI is InChI=1S/C15H31NO3S/c1-5-7-14(8-6-2)11-15(12-14,20(4,17)18)13-16-9-10-19-3/h16H,5-13H2,1-4H3. The van der Waals surface area contributed by atoms with Gasteiger partial charge < -0.3 is 10.1 Å². The molecule has 0 spiro atoms. The maximum atomic E-state index is 12.2. The van der Waals surface area contributed by atoms with E-state index in [0.29, 0.717) is 19.7 Å². The lowest BCUT2D eigenvalue weighted by Gasteiger charge is -2.56. The molecule has 4 nitrogen and oxygen atoms in total. The number of methoxy groups -OCH3 is 1. The first-order valence-corrected chi connectivity index (χ1v) is 9.63. The summed E-state index contributed by atoms with van der Waals surface area (Å²) < 4.78 is 28.9. The van der Waals surface area contributed by atoms with Gasteiger partial charge in [-0.3, -0.25) is 0 Å². The van der Waals surface area contributed by atoms with Gasteiger partial charge in [0, 0.05) is 26.5 Å². The molecule has 0 unspecified atom stereocenters. The number of hydrogen-bond acceptors (Lipinski definition) is 4. The topological polar surface area (TPSA) is 55.4 Å². The number of ether oxygens (including phenoxy) is 1. The molecule has 0 bridgehead atoms. The van der Waals surface area contributed by atoms with Crippen LogP contribution in [0.4, 0.5) is 0 Å². The number of hydrogen-bond donors (Lipinski definition) is 1. The lowest BCUT2D eigenvalue weighted by atomic mass is 9.57. The molecule has 1 saturated carbocycles. The van der Waals surface area contributed by atoms with Crippen LogP contribution in [-0.4, -0.2) is 46.2 Å². The highest BCUT2D eigenvalue weighted by molar-refractivity contribution is 7.92. The molecule has 1 fully saturated rings. The van der Waals surface area contributed by atoms with Crippen molar-refractivity contribution in [1.82, 2.24) is 5.32 Å². The average molecular weight is 305 g/mol. The van der Waals surface area contributed by atoms with E-state index in [-0.39, 0.29) is 5.41 Å². The lowest BCUT2D eigenvalue weighted by Crippen LogP contribution is -2.61. The zero-order valence-electron chi connectivity index (χ0n) is 13.5. The van der Waals surface area contributed by atoms with E-state index in [4.69, 9.17) is 4.74 Å². The van der Waals surface area contributed by atoms with Crippen molar-refractivity contribution in [1.29, 1.82) is 0 Å². The van der Waals surface area contributed by atoms with E-state index < -0.39 is 14.6 Å². The highest BCUT2D eigenvalue weighted by Gasteiger charge is 2.58. The Labute approximate surface area is 124 Å². The molecule has 1 aliphatic carbocycles. The second kappa shape index (κ2) is 7.23. The summed E-state index contributed by atoms with van der Waals surface area (Å²) >= 11 is 0. The first-order valence-electron chi connectivity index (χ1n) is 7.74. The van der Waals surface area contributed by atoms with Crippen molar-refractivity contribution in [3.05, 3.63) is 0 Å².